The highest BCUT2D eigenvalue weighted by Gasteiger charge is 2.39. The number of carbonyl (C=O) groups excluding carboxylic acids is 2. The molecule has 3 rings (SSSR count). The van der Waals surface area contributed by atoms with Gasteiger partial charge in [-0.05, 0) is 43.2 Å². The van der Waals surface area contributed by atoms with Crippen molar-refractivity contribution in [2.45, 2.75) is 19.8 Å². The second kappa shape index (κ2) is 6.08. The Morgan fingerprint density at radius 1 is 1.13 bits per heavy atom. The van der Waals surface area contributed by atoms with Crippen LogP contribution in [0.3, 0.4) is 0 Å². The Hall–Kier alpha value is -2.27. The Kier molecular flexibility index (Phi) is 4.13. The van der Waals surface area contributed by atoms with Crippen LogP contribution in [0.25, 0.3) is 5.76 Å². The fourth-order valence-corrected chi connectivity index (χ4v) is 3.27. The van der Waals surface area contributed by atoms with E-state index in [1.807, 2.05) is 19.1 Å². The van der Waals surface area contributed by atoms with Crippen molar-refractivity contribution in [3.63, 3.8) is 0 Å². The van der Waals surface area contributed by atoms with Gasteiger partial charge in [0, 0.05) is 16.2 Å². The lowest BCUT2D eigenvalue weighted by Gasteiger charge is -2.24. The van der Waals surface area contributed by atoms with Crippen molar-refractivity contribution in [1.29, 1.82) is 0 Å². The zero-order valence-corrected chi connectivity index (χ0v) is 14.3. The summed E-state index contributed by atoms with van der Waals surface area (Å²) in [6.07, 6.45) is 1.59. The highest BCUT2D eigenvalue weighted by molar-refractivity contribution is 9.10. The number of hydrogen-bond donors (Lipinski definition) is 0. The molecule has 23 heavy (non-hydrogen) atoms. The summed E-state index contributed by atoms with van der Waals surface area (Å²) in [4.78, 5) is 29.3. The van der Waals surface area contributed by atoms with Gasteiger partial charge in [0.2, 0.25) is 0 Å². The number of aryl methyl sites for hydroxylation is 1. The molecule has 1 aromatic carbocycles. The molecule has 2 aromatic rings. The number of rotatable bonds is 2. The Bertz CT molecular complexity index is 827. The summed E-state index contributed by atoms with van der Waals surface area (Å²) in [5.74, 6) is -1.55. The first-order valence-electron chi connectivity index (χ1n) is 7.13. The van der Waals surface area contributed by atoms with Gasteiger partial charge in [0.05, 0.1) is 0 Å². The molecule has 0 aliphatic carbocycles. The third-order valence-electron chi connectivity index (χ3n) is 3.78. The van der Waals surface area contributed by atoms with Gasteiger partial charge in [-0.3, -0.25) is 14.6 Å². The predicted octanol–water partition coefficient (Wildman–Crippen LogP) is 3.79. The van der Waals surface area contributed by atoms with Crippen molar-refractivity contribution in [2.24, 2.45) is 0 Å². The fourth-order valence-electron chi connectivity index (χ4n) is 2.55. The number of Topliss-reactive ketones (excluding diaryl/α,β-unsaturated/α-hetero) is 1. The number of halogens is 1. The summed E-state index contributed by atoms with van der Waals surface area (Å²) in [5.41, 5.74) is 2.54. The second-order valence-electron chi connectivity index (χ2n) is 5.41. The topological polar surface area (TPSA) is 56.3 Å². The zero-order chi connectivity index (χ0) is 16.6. The van der Waals surface area contributed by atoms with Crippen molar-refractivity contribution in [3.8, 4) is 0 Å². The summed E-state index contributed by atoms with van der Waals surface area (Å²) < 4.78 is 6.17. The molecular weight excluding hydrogens is 358 g/mol. The molecule has 5 heteroatoms. The zero-order valence-electron chi connectivity index (χ0n) is 12.7. The molecule has 0 radical (unpaired) electrons. The molecular formula is C18H14BrNO3. The highest BCUT2D eigenvalue weighted by atomic mass is 79.9. The van der Waals surface area contributed by atoms with Crippen LogP contribution < -0.4 is 0 Å². The second-order valence-corrected chi connectivity index (χ2v) is 6.27. The van der Waals surface area contributed by atoms with Gasteiger partial charge in [0.1, 0.15) is 11.6 Å². The largest absolute Gasteiger partial charge is 0.423 e. The Balaban J connectivity index is 2.06. The number of pyridine rings is 1. The molecule has 1 unspecified atom stereocenters. The molecule has 0 amide bonds. The van der Waals surface area contributed by atoms with Gasteiger partial charge in [-0.15, -0.1) is 0 Å². The maximum Gasteiger partial charge on any atom is 0.326 e. The Morgan fingerprint density at radius 3 is 2.57 bits per heavy atom. The van der Waals surface area contributed by atoms with Crippen LogP contribution in [0, 0.1) is 6.92 Å². The molecule has 0 bridgehead atoms. The molecule has 1 atom stereocenters. The number of ether oxygens (including phenoxy) is 1. The van der Waals surface area contributed by atoms with E-state index in [0.29, 0.717) is 16.8 Å². The van der Waals surface area contributed by atoms with Crippen molar-refractivity contribution in [2.75, 3.05) is 0 Å². The molecule has 0 saturated carbocycles. The number of nitrogens with zero attached hydrogens (tertiary/aromatic N) is 1. The molecule has 0 fully saturated rings. The molecule has 1 aromatic heterocycles. The number of carbonyl (C=O) groups is 2. The summed E-state index contributed by atoms with van der Waals surface area (Å²) in [6, 6.07) is 10.8. The number of aromatic nitrogens is 1. The number of hydrogen-bond acceptors (Lipinski definition) is 4. The first-order valence-corrected chi connectivity index (χ1v) is 7.92. The normalized spacial score (nSPS) is 18.1. The lowest BCUT2D eigenvalue weighted by atomic mass is 9.88. The quantitative estimate of drug-likeness (QED) is 0.595. The minimum absolute atomic E-state index is 0.236. The van der Waals surface area contributed by atoms with E-state index in [0.717, 1.165) is 10.0 Å². The molecule has 2 heterocycles. The molecule has 116 valence electrons. The van der Waals surface area contributed by atoms with Crippen LogP contribution in [0.2, 0.25) is 0 Å². The predicted molar refractivity (Wildman–Crippen MR) is 89.6 cm³/mol. The number of cyclic esters (lactones) is 1. The van der Waals surface area contributed by atoms with Gasteiger partial charge in [-0.25, -0.2) is 0 Å². The third kappa shape index (κ3) is 2.84. The number of esters is 1. The summed E-state index contributed by atoms with van der Waals surface area (Å²) in [7, 11) is 0. The molecule has 0 spiro atoms. The molecule has 4 nitrogen and oxygen atoms in total. The smallest absolute Gasteiger partial charge is 0.326 e. The van der Waals surface area contributed by atoms with Crippen LogP contribution in [0.1, 0.15) is 29.7 Å². The van der Waals surface area contributed by atoms with E-state index in [-0.39, 0.29) is 11.5 Å². The van der Waals surface area contributed by atoms with Gasteiger partial charge in [0.15, 0.2) is 11.5 Å². The summed E-state index contributed by atoms with van der Waals surface area (Å²) in [5, 5.41) is 0. The number of ketones is 1. The van der Waals surface area contributed by atoms with Crippen molar-refractivity contribution >= 4 is 33.4 Å². The SMILES string of the molecule is CC1=C(c2ccccn2)OC(=O)C(c2ccc(C)cc2Br)C1=O. The van der Waals surface area contributed by atoms with E-state index < -0.39 is 11.9 Å². The van der Waals surface area contributed by atoms with E-state index in [1.54, 1.807) is 37.4 Å². The van der Waals surface area contributed by atoms with E-state index in [1.165, 1.54) is 0 Å². The van der Waals surface area contributed by atoms with E-state index in [9.17, 15) is 9.59 Å². The third-order valence-corrected chi connectivity index (χ3v) is 4.46. The van der Waals surface area contributed by atoms with Crippen LogP contribution in [0.15, 0.2) is 52.6 Å². The molecule has 0 saturated heterocycles. The van der Waals surface area contributed by atoms with Crippen molar-refractivity contribution < 1.29 is 14.3 Å². The minimum atomic E-state index is -0.947. The first kappa shape index (κ1) is 15.6. The van der Waals surface area contributed by atoms with Crippen molar-refractivity contribution in [3.05, 3.63) is 69.5 Å². The lowest BCUT2D eigenvalue weighted by Crippen LogP contribution is -2.30. The Labute approximate surface area is 142 Å². The van der Waals surface area contributed by atoms with Crippen LogP contribution >= 0.6 is 15.9 Å². The maximum atomic E-state index is 12.7. The molecule has 0 N–H and O–H groups in total. The number of benzene rings is 1. The van der Waals surface area contributed by atoms with Crippen LogP contribution in [0.5, 0.6) is 0 Å². The van der Waals surface area contributed by atoms with E-state index >= 15 is 0 Å². The highest BCUT2D eigenvalue weighted by Crippen LogP contribution is 2.36. The van der Waals surface area contributed by atoms with E-state index in [4.69, 9.17) is 4.74 Å². The minimum Gasteiger partial charge on any atom is -0.423 e. The standard InChI is InChI=1S/C18H14BrNO3/c1-10-6-7-12(13(19)9-10)15-16(21)11(2)17(23-18(15)22)14-5-3-4-8-20-14/h3-9,15H,1-2H3. The lowest BCUT2D eigenvalue weighted by molar-refractivity contribution is -0.143. The molecule has 1 aliphatic heterocycles. The monoisotopic (exact) mass is 371 g/mol. The first-order chi connectivity index (χ1) is 11.0. The number of allylic oxidation sites excluding steroid dienone is 1. The van der Waals surface area contributed by atoms with Crippen LogP contribution in [-0.4, -0.2) is 16.7 Å². The van der Waals surface area contributed by atoms with Gasteiger partial charge in [0.25, 0.3) is 0 Å². The van der Waals surface area contributed by atoms with Crippen LogP contribution in [0.4, 0.5) is 0 Å². The van der Waals surface area contributed by atoms with Gasteiger partial charge in [-0.2, -0.15) is 0 Å². The average molecular weight is 372 g/mol. The van der Waals surface area contributed by atoms with Gasteiger partial charge in [-0.1, -0.05) is 34.1 Å². The fraction of sp³-hybridized carbons (Fsp3) is 0.167. The summed E-state index contributed by atoms with van der Waals surface area (Å²) in [6.45, 7) is 3.60. The van der Waals surface area contributed by atoms with Crippen molar-refractivity contribution in [1.82, 2.24) is 4.98 Å². The molecule has 1 aliphatic rings. The average Bonchev–Trinajstić information content (AvgIpc) is 2.54. The van der Waals surface area contributed by atoms with Crippen LogP contribution in [-0.2, 0) is 14.3 Å². The summed E-state index contributed by atoms with van der Waals surface area (Å²) >= 11 is 3.43. The van der Waals surface area contributed by atoms with E-state index in [2.05, 4.69) is 20.9 Å². The maximum absolute atomic E-state index is 12.7. The Morgan fingerprint density at radius 2 is 1.91 bits per heavy atom. The van der Waals surface area contributed by atoms with Gasteiger partial charge >= 0.3 is 5.97 Å². The van der Waals surface area contributed by atoms with Gasteiger partial charge < -0.3 is 4.74 Å².